The minimum atomic E-state index is -4.13. The quantitative estimate of drug-likeness (QED) is 0.734. The molecule has 16 heavy (non-hydrogen) atoms. The van der Waals surface area contributed by atoms with E-state index in [1.54, 1.807) is 6.08 Å². The van der Waals surface area contributed by atoms with Crippen molar-refractivity contribution in [3.05, 3.63) is 12.2 Å². The molecule has 0 aromatic heterocycles. The number of rotatable bonds is 3. The van der Waals surface area contributed by atoms with Crippen LogP contribution in [0.5, 0.6) is 0 Å². The average molecular weight is 236 g/mol. The van der Waals surface area contributed by atoms with Crippen molar-refractivity contribution in [2.75, 3.05) is 0 Å². The van der Waals surface area contributed by atoms with Crippen LogP contribution in [-0.4, -0.2) is 28.1 Å². The Kier molecular flexibility index (Phi) is 2.58. The summed E-state index contributed by atoms with van der Waals surface area (Å²) in [6.07, 6.45) is 1.58. The van der Waals surface area contributed by atoms with Crippen molar-refractivity contribution < 1.29 is 23.4 Å². The second-order valence-corrected chi connectivity index (χ2v) is 4.99. The van der Waals surface area contributed by atoms with Crippen LogP contribution in [0.2, 0.25) is 0 Å². The summed E-state index contributed by atoms with van der Waals surface area (Å²) in [5, 5.41) is 18.3. The van der Waals surface area contributed by atoms with Gasteiger partial charge in [-0.25, -0.2) is 4.39 Å². The van der Waals surface area contributed by atoms with E-state index in [1.165, 1.54) is 0 Å². The van der Waals surface area contributed by atoms with Gasteiger partial charge in [0, 0.05) is 5.92 Å². The van der Waals surface area contributed by atoms with Gasteiger partial charge in [0.05, 0.1) is 0 Å². The van der Waals surface area contributed by atoms with E-state index in [0.29, 0.717) is 6.42 Å². The molecule has 1 saturated carbocycles. The second kappa shape index (κ2) is 3.47. The topological polar surface area (TPSA) is 40.5 Å². The first-order valence-electron chi connectivity index (χ1n) is 5.37. The lowest BCUT2D eigenvalue weighted by Crippen LogP contribution is -2.57. The molecule has 2 N–H and O–H groups in total. The molecule has 0 spiro atoms. The van der Waals surface area contributed by atoms with Gasteiger partial charge in [0.15, 0.2) is 0 Å². The zero-order valence-electron chi connectivity index (χ0n) is 8.91. The van der Waals surface area contributed by atoms with Crippen molar-refractivity contribution >= 4 is 0 Å². The summed E-state index contributed by atoms with van der Waals surface area (Å²) >= 11 is 0. The molecule has 1 fully saturated rings. The molecule has 0 radical (unpaired) electrons. The molecule has 2 aliphatic carbocycles. The normalized spacial score (nSPS) is 38.8. The summed E-state index contributed by atoms with van der Waals surface area (Å²) in [5.74, 6) is -4.75. The molecule has 0 saturated heterocycles. The third-order valence-corrected chi connectivity index (χ3v) is 3.97. The van der Waals surface area contributed by atoms with Crippen molar-refractivity contribution in [3.8, 4) is 0 Å². The van der Waals surface area contributed by atoms with E-state index < -0.39 is 23.8 Å². The number of halogens is 3. The number of aliphatic hydroxyl groups is 2. The van der Waals surface area contributed by atoms with Crippen molar-refractivity contribution in [1.82, 2.24) is 0 Å². The van der Waals surface area contributed by atoms with Gasteiger partial charge in [-0.15, -0.1) is 0 Å². The fraction of sp³-hybridized carbons (Fsp3) is 0.818. The molecule has 5 unspecified atom stereocenters. The van der Waals surface area contributed by atoms with Crippen LogP contribution in [0, 0.1) is 17.8 Å². The van der Waals surface area contributed by atoms with E-state index in [4.69, 9.17) is 5.11 Å². The van der Waals surface area contributed by atoms with Crippen LogP contribution in [0.3, 0.4) is 0 Å². The number of hydrogen-bond donors (Lipinski definition) is 2. The van der Waals surface area contributed by atoms with Gasteiger partial charge in [-0.1, -0.05) is 12.2 Å². The Bertz CT molecular complexity index is 312. The zero-order valence-corrected chi connectivity index (χ0v) is 8.91. The van der Waals surface area contributed by atoms with Crippen LogP contribution in [0.1, 0.15) is 19.8 Å². The first-order valence-corrected chi connectivity index (χ1v) is 5.37. The highest BCUT2D eigenvalue weighted by Crippen LogP contribution is 2.52. The number of fused-ring (bicyclic) bond motifs is 2. The number of aliphatic hydroxyl groups excluding tert-OH is 1. The minimum absolute atomic E-state index is 0.135. The molecular weight excluding hydrogens is 221 g/mol. The van der Waals surface area contributed by atoms with E-state index in [1.807, 2.05) is 6.08 Å². The van der Waals surface area contributed by atoms with Crippen LogP contribution in [-0.2, 0) is 0 Å². The molecule has 92 valence electrons. The fourth-order valence-electron chi connectivity index (χ4n) is 2.92. The van der Waals surface area contributed by atoms with E-state index >= 15 is 0 Å². The van der Waals surface area contributed by atoms with Crippen molar-refractivity contribution in [1.29, 1.82) is 0 Å². The molecular formula is C11H15F3O2. The first-order chi connectivity index (χ1) is 7.26. The maximum atomic E-state index is 13.4. The predicted octanol–water partition coefficient (Wildman–Crippen LogP) is 1.87. The largest absolute Gasteiger partial charge is 0.383 e. The molecule has 0 heterocycles. The molecule has 0 aromatic carbocycles. The molecule has 0 amide bonds. The molecule has 2 rings (SSSR count). The van der Waals surface area contributed by atoms with Gasteiger partial charge >= 0.3 is 5.92 Å². The van der Waals surface area contributed by atoms with Crippen LogP contribution < -0.4 is 0 Å². The van der Waals surface area contributed by atoms with Gasteiger partial charge in [-0.2, -0.15) is 8.78 Å². The van der Waals surface area contributed by atoms with Gasteiger partial charge < -0.3 is 10.2 Å². The van der Waals surface area contributed by atoms with Crippen LogP contribution >= 0.6 is 0 Å². The first kappa shape index (κ1) is 11.9. The van der Waals surface area contributed by atoms with E-state index in [0.717, 1.165) is 13.3 Å². The zero-order chi connectivity index (χ0) is 12.1. The van der Waals surface area contributed by atoms with E-state index in [2.05, 4.69) is 0 Å². The summed E-state index contributed by atoms with van der Waals surface area (Å²) in [5.41, 5.74) is -2.51. The average Bonchev–Trinajstić information content (AvgIpc) is 2.77. The van der Waals surface area contributed by atoms with Gasteiger partial charge in [-0.05, 0) is 31.6 Å². The lowest BCUT2D eigenvalue weighted by Gasteiger charge is -2.40. The third kappa shape index (κ3) is 1.49. The van der Waals surface area contributed by atoms with Gasteiger partial charge in [0.2, 0.25) is 0 Å². The molecule has 5 atom stereocenters. The minimum Gasteiger partial charge on any atom is -0.383 e. The van der Waals surface area contributed by atoms with Crippen LogP contribution in [0.4, 0.5) is 13.2 Å². The van der Waals surface area contributed by atoms with Crippen molar-refractivity contribution in [3.63, 3.8) is 0 Å². The number of allylic oxidation sites excluding steroid dienone is 2. The van der Waals surface area contributed by atoms with Crippen molar-refractivity contribution in [2.45, 2.75) is 37.6 Å². The Labute approximate surface area is 91.8 Å². The fourth-order valence-corrected chi connectivity index (χ4v) is 2.92. The highest BCUT2D eigenvalue weighted by Gasteiger charge is 2.62. The monoisotopic (exact) mass is 236 g/mol. The Morgan fingerprint density at radius 3 is 2.31 bits per heavy atom. The molecule has 0 aliphatic heterocycles. The lowest BCUT2D eigenvalue weighted by molar-refractivity contribution is -0.275. The molecule has 5 heteroatoms. The lowest BCUT2D eigenvalue weighted by atomic mass is 9.76. The SMILES string of the molecule is CC(O)(C1CC2C=CC1C2)C(F)(F)C(O)F. The highest BCUT2D eigenvalue weighted by atomic mass is 19.3. The predicted molar refractivity (Wildman–Crippen MR) is 51.5 cm³/mol. The second-order valence-electron chi connectivity index (χ2n) is 4.99. The maximum Gasteiger partial charge on any atom is 0.330 e. The summed E-state index contributed by atoms with van der Waals surface area (Å²) in [6, 6.07) is 0. The van der Waals surface area contributed by atoms with Crippen LogP contribution in [0.15, 0.2) is 12.2 Å². The standard InChI is InChI=1S/C11H15F3O2/c1-10(16,11(13,14)9(12)15)8-5-6-2-3-7(8)4-6/h2-3,6-9,15-16H,4-5H2,1H3. The Hall–Kier alpha value is -0.550. The summed E-state index contributed by atoms with van der Waals surface area (Å²) in [7, 11) is 0. The molecule has 2 aliphatic rings. The Balaban J connectivity index is 2.22. The summed E-state index contributed by atoms with van der Waals surface area (Å²) in [6.45, 7) is 0.912. The third-order valence-electron chi connectivity index (χ3n) is 3.97. The smallest absolute Gasteiger partial charge is 0.330 e. The van der Waals surface area contributed by atoms with E-state index in [-0.39, 0.29) is 11.8 Å². The number of hydrogen-bond acceptors (Lipinski definition) is 2. The molecule has 2 nitrogen and oxygen atoms in total. The van der Waals surface area contributed by atoms with Crippen LogP contribution in [0.25, 0.3) is 0 Å². The van der Waals surface area contributed by atoms with Crippen molar-refractivity contribution in [2.24, 2.45) is 17.8 Å². The number of alkyl halides is 3. The maximum absolute atomic E-state index is 13.4. The summed E-state index contributed by atoms with van der Waals surface area (Å²) < 4.78 is 39.3. The molecule has 2 bridgehead atoms. The van der Waals surface area contributed by atoms with Gasteiger partial charge in [-0.3, -0.25) is 0 Å². The van der Waals surface area contributed by atoms with E-state index in [9.17, 15) is 18.3 Å². The molecule has 0 aromatic rings. The Morgan fingerprint density at radius 2 is 1.94 bits per heavy atom. The van der Waals surface area contributed by atoms with Gasteiger partial charge in [0.1, 0.15) is 5.60 Å². The Morgan fingerprint density at radius 1 is 1.31 bits per heavy atom. The summed E-state index contributed by atoms with van der Waals surface area (Å²) in [4.78, 5) is 0. The van der Waals surface area contributed by atoms with Gasteiger partial charge in [0.25, 0.3) is 6.36 Å². The highest BCUT2D eigenvalue weighted by molar-refractivity contribution is 5.15.